The van der Waals surface area contributed by atoms with Crippen molar-refractivity contribution < 1.29 is 8.42 Å². The van der Waals surface area contributed by atoms with Crippen molar-refractivity contribution in [3.05, 3.63) is 33.3 Å². The van der Waals surface area contributed by atoms with Gasteiger partial charge in [-0.15, -0.1) is 0 Å². The van der Waals surface area contributed by atoms with Gasteiger partial charge in [0.05, 0.1) is 11.5 Å². The predicted octanol–water partition coefficient (Wildman–Crippen LogP) is 3.15. The second-order valence-electron chi connectivity index (χ2n) is 5.66. The molecule has 2 unspecified atom stereocenters. The Bertz CT molecular complexity index is 598. The average Bonchev–Trinajstić information content (AvgIpc) is 2.71. The van der Waals surface area contributed by atoms with Crippen molar-refractivity contribution in [3.8, 4) is 0 Å². The molecule has 112 valence electrons. The van der Waals surface area contributed by atoms with Crippen LogP contribution in [0.5, 0.6) is 0 Å². The highest BCUT2D eigenvalue weighted by molar-refractivity contribution is 9.10. The van der Waals surface area contributed by atoms with Gasteiger partial charge in [-0.05, 0) is 55.5 Å². The van der Waals surface area contributed by atoms with E-state index in [-0.39, 0.29) is 12.0 Å². The fourth-order valence-corrected chi connectivity index (χ4v) is 5.27. The molecular weight excluding hydrogens is 338 g/mol. The largest absolute Gasteiger partial charge is 0.310 e. The normalized spacial score (nSPS) is 22.9. The Morgan fingerprint density at radius 2 is 2.05 bits per heavy atom. The molecule has 0 aromatic heterocycles. The maximum absolute atomic E-state index is 11.8. The van der Waals surface area contributed by atoms with Gasteiger partial charge in [-0.1, -0.05) is 28.9 Å². The van der Waals surface area contributed by atoms with Crippen LogP contribution < -0.4 is 5.32 Å². The fraction of sp³-hybridized carbons (Fsp3) is 0.600. The van der Waals surface area contributed by atoms with Gasteiger partial charge in [-0.2, -0.15) is 0 Å². The summed E-state index contributed by atoms with van der Waals surface area (Å²) in [7, 11) is -2.85. The first kappa shape index (κ1) is 16.0. The van der Waals surface area contributed by atoms with E-state index in [1.807, 2.05) is 0 Å². The Labute approximate surface area is 130 Å². The van der Waals surface area contributed by atoms with Crippen LogP contribution in [0.25, 0.3) is 0 Å². The molecule has 0 aliphatic carbocycles. The van der Waals surface area contributed by atoms with Crippen LogP contribution in [0, 0.1) is 19.8 Å². The highest BCUT2D eigenvalue weighted by Crippen LogP contribution is 2.34. The third-order valence-electron chi connectivity index (χ3n) is 4.05. The molecule has 1 aliphatic heterocycles. The molecule has 0 spiro atoms. The monoisotopic (exact) mass is 359 g/mol. The highest BCUT2D eigenvalue weighted by Gasteiger charge is 2.34. The van der Waals surface area contributed by atoms with Gasteiger partial charge in [-0.25, -0.2) is 8.42 Å². The van der Waals surface area contributed by atoms with E-state index in [0.717, 1.165) is 17.4 Å². The SMILES string of the molecule is CCNC(c1cc(C)c(Br)cc1C)C1CCS(=O)(=O)C1. The molecule has 2 atom stereocenters. The lowest BCUT2D eigenvalue weighted by atomic mass is 9.89. The second-order valence-corrected chi connectivity index (χ2v) is 8.74. The fourth-order valence-electron chi connectivity index (χ4n) is 2.98. The Morgan fingerprint density at radius 1 is 1.35 bits per heavy atom. The molecule has 20 heavy (non-hydrogen) atoms. The average molecular weight is 360 g/mol. The standard InChI is InChI=1S/C15H22BrNO2S/c1-4-17-15(12-5-6-20(18,19)9-12)13-7-11(3)14(16)8-10(13)2/h7-8,12,15,17H,4-6,9H2,1-3H3. The number of rotatable bonds is 4. The van der Waals surface area contributed by atoms with E-state index in [9.17, 15) is 8.42 Å². The Balaban J connectivity index is 2.36. The number of nitrogens with one attached hydrogen (secondary N) is 1. The van der Waals surface area contributed by atoms with Gasteiger partial charge in [0.2, 0.25) is 0 Å². The van der Waals surface area contributed by atoms with E-state index in [1.165, 1.54) is 16.7 Å². The lowest BCUT2D eigenvalue weighted by Crippen LogP contribution is -2.29. The molecule has 1 saturated heterocycles. The van der Waals surface area contributed by atoms with Crippen molar-refractivity contribution in [1.29, 1.82) is 0 Å². The van der Waals surface area contributed by atoms with E-state index in [2.05, 4.69) is 54.2 Å². The summed E-state index contributed by atoms with van der Waals surface area (Å²) in [6.45, 7) is 7.07. The molecule has 1 aromatic carbocycles. The first-order chi connectivity index (χ1) is 9.34. The third-order valence-corrected chi connectivity index (χ3v) is 6.69. The molecule has 2 rings (SSSR count). The summed E-state index contributed by atoms with van der Waals surface area (Å²) in [5, 5.41) is 3.49. The quantitative estimate of drug-likeness (QED) is 0.897. The number of sulfone groups is 1. The number of hydrogen-bond donors (Lipinski definition) is 1. The van der Waals surface area contributed by atoms with Gasteiger partial charge in [0.25, 0.3) is 0 Å². The molecule has 0 bridgehead atoms. The number of hydrogen-bond acceptors (Lipinski definition) is 3. The first-order valence-electron chi connectivity index (χ1n) is 7.04. The van der Waals surface area contributed by atoms with Gasteiger partial charge in [0.15, 0.2) is 9.84 Å². The van der Waals surface area contributed by atoms with Crippen molar-refractivity contribution in [2.45, 2.75) is 33.2 Å². The first-order valence-corrected chi connectivity index (χ1v) is 9.66. The van der Waals surface area contributed by atoms with E-state index < -0.39 is 9.84 Å². The van der Waals surface area contributed by atoms with Crippen molar-refractivity contribution in [2.24, 2.45) is 5.92 Å². The van der Waals surface area contributed by atoms with Crippen LogP contribution in [0.3, 0.4) is 0 Å². The zero-order valence-corrected chi connectivity index (χ0v) is 14.6. The van der Waals surface area contributed by atoms with Crippen molar-refractivity contribution >= 4 is 25.8 Å². The highest BCUT2D eigenvalue weighted by atomic mass is 79.9. The number of benzene rings is 1. The van der Waals surface area contributed by atoms with Crippen LogP contribution in [-0.2, 0) is 9.84 Å². The summed E-state index contributed by atoms with van der Waals surface area (Å²) in [4.78, 5) is 0. The van der Waals surface area contributed by atoms with Gasteiger partial charge in [0, 0.05) is 10.5 Å². The zero-order chi connectivity index (χ0) is 14.9. The molecule has 1 aliphatic rings. The summed E-state index contributed by atoms with van der Waals surface area (Å²) < 4.78 is 24.6. The molecule has 1 heterocycles. The number of halogens is 1. The molecule has 3 nitrogen and oxygen atoms in total. The Morgan fingerprint density at radius 3 is 2.60 bits per heavy atom. The smallest absolute Gasteiger partial charge is 0.150 e. The molecule has 0 saturated carbocycles. The van der Waals surface area contributed by atoms with Crippen LogP contribution in [-0.4, -0.2) is 26.5 Å². The minimum atomic E-state index is -2.85. The minimum absolute atomic E-state index is 0.129. The van der Waals surface area contributed by atoms with Gasteiger partial charge in [0.1, 0.15) is 0 Å². The lowest BCUT2D eigenvalue weighted by molar-refractivity contribution is 0.399. The topological polar surface area (TPSA) is 46.2 Å². The summed E-state index contributed by atoms with van der Waals surface area (Å²) in [5.74, 6) is 0.812. The molecule has 1 fully saturated rings. The predicted molar refractivity (Wildman–Crippen MR) is 86.8 cm³/mol. The molecule has 5 heteroatoms. The van der Waals surface area contributed by atoms with Crippen molar-refractivity contribution in [2.75, 3.05) is 18.1 Å². The summed E-state index contributed by atoms with van der Waals surface area (Å²) in [6.07, 6.45) is 0.758. The minimum Gasteiger partial charge on any atom is -0.310 e. The van der Waals surface area contributed by atoms with Crippen LogP contribution in [0.2, 0.25) is 0 Å². The maximum atomic E-state index is 11.8. The summed E-state index contributed by atoms with van der Waals surface area (Å²) in [6, 6.07) is 4.43. The molecule has 1 N–H and O–H groups in total. The van der Waals surface area contributed by atoms with Crippen LogP contribution in [0.15, 0.2) is 16.6 Å². The van der Waals surface area contributed by atoms with E-state index >= 15 is 0 Å². The van der Waals surface area contributed by atoms with Crippen molar-refractivity contribution in [1.82, 2.24) is 5.32 Å². The number of aryl methyl sites for hydroxylation is 2. The molecule has 1 aromatic rings. The Kier molecular flexibility index (Phi) is 4.92. The van der Waals surface area contributed by atoms with Crippen LogP contribution in [0.1, 0.15) is 36.1 Å². The molecular formula is C15H22BrNO2S. The zero-order valence-electron chi connectivity index (χ0n) is 12.2. The summed E-state index contributed by atoms with van der Waals surface area (Å²) >= 11 is 3.55. The maximum Gasteiger partial charge on any atom is 0.150 e. The van der Waals surface area contributed by atoms with E-state index in [1.54, 1.807) is 0 Å². The molecule has 0 radical (unpaired) electrons. The van der Waals surface area contributed by atoms with Crippen molar-refractivity contribution in [3.63, 3.8) is 0 Å². The van der Waals surface area contributed by atoms with Gasteiger partial charge in [-0.3, -0.25) is 0 Å². The van der Waals surface area contributed by atoms with E-state index in [0.29, 0.717) is 11.5 Å². The van der Waals surface area contributed by atoms with Gasteiger partial charge >= 0.3 is 0 Å². The van der Waals surface area contributed by atoms with E-state index in [4.69, 9.17) is 0 Å². The second kappa shape index (κ2) is 6.16. The lowest BCUT2D eigenvalue weighted by Gasteiger charge is -2.26. The third kappa shape index (κ3) is 3.43. The Hall–Kier alpha value is -0.390. The van der Waals surface area contributed by atoms with Gasteiger partial charge < -0.3 is 5.32 Å². The van der Waals surface area contributed by atoms with Crippen LogP contribution in [0.4, 0.5) is 0 Å². The summed E-state index contributed by atoms with van der Waals surface area (Å²) in [5.41, 5.74) is 3.63. The van der Waals surface area contributed by atoms with Crippen LogP contribution >= 0.6 is 15.9 Å². The molecule has 0 amide bonds.